The molecule has 0 spiro atoms. The van der Waals surface area contributed by atoms with Crippen molar-refractivity contribution in [3.05, 3.63) is 24.4 Å². The lowest BCUT2D eigenvalue weighted by molar-refractivity contribution is 0.263. The quantitative estimate of drug-likeness (QED) is 0.712. The Bertz CT molecular complexity index is 233. The number of thioether (sulfide) groups is 1. The molecule has 0 aromatic rings. The second-order valence-electron chi connectivity index (χ2n) is 2.53. The van der Waals surface area contributed by atoms with Gasteiger partial charge in [0.15, 0.2) is 0 Å². The van der Waals surface area contributed by atoms with Crippen molar-refractivity contribution in [3.8, 4) is 0 Å². The monoisotopic (exact) mass is 183 g/mol. The largest absolute Gasteiger partial charge is 0.382 e. The molecule has 0 aromatic carbocycles. The third-order valence-corrected chi connectivity index (χ3v) is 2.63. The van der Waals surface area contributed by atoms with E-state index in [1.165, 1.54) is 11.8 Å². The molecule has 0 amide bonds. The van der Waals surface area contributed by atoms with Gasteiger partial charge in [-0.2, -0.15) is 0 Å². The van der Waals surface area contributed by atoms with Gasteiger partial charge in [0.25, 0.3) is 0 Å². The summed E-state index contributed by atoms with van der Waals surface area (Å²) in [6.07, 6.45) is 5.06. The van der Waals surface area contributed by atoms with Crippen molar-refractivity contribution in [2.75, 3.05) is 0 Å². The molecule has 0 saturated carbocycles. The van der Waals surface area contributed by atoms with Gasteiger partial charge in [-0.25, -0.2) is 0 Å². The molecule has 1 unspecified atom stereocenters. The van der Waals surface area contributed by atoms with Crippen LogP contribution in [0.1, 0.15) is 19.8 Å². The Hall–Kier alpha value is -0.540. The highest BCUT2D eigenvalue weighted by Crippen LogP contribution is 2.27. The van der Waals surface area contributed by atoms with E-state index in [0.717, 1.165) is 17.2 Å². The van der Waals surface area contributed by atoms with E-state index < -0.39 is 0 Å². The predicted molar refractivity (Wildman–Crippen MR) is 54.2 cm³/mol. The van der Waals surface area contributed by atoms with Gasteiger partial charge in [0.2, 0.25) is 0 Å². The van der Waals surface area contributed by atoms with E-state index in [1.54, 1.807) is 6.08 Å². The summed E-state index contributed by atoms with van der Waals surface area (Å²) < 4.78 is 0. The van der Waals surface area contributed by atoms with E-state index in [-0.39, 0.29) is 5.44 Å². The molecule has 1 atom stereocenters. The van der Waals surface area contributed by atoms with Crippen LogP contribution < -0.4 is 0 Å². The van der Waals surface area contributed by atoms with E-state index in [4.69, 9.17) is 0 Å². The minimum absolute atomic E-state index is 0.330. The van der Waals surface area contributed by atoms with Gasteiger partial charge >= 0.3 is 0 Å². The summed E-state index contributed by atoms with van der Waals surface area (Å²) in [5.74, 6) is 0. The molecule has 1 aliphatic rings. The Morgan fingerprint density at radius 2 is 2.58 bits per heavy atom. The summed E-state index contributed by atoms with van der Waals surface area (Å²) in [5, 5.41) is 10.4. The molecule has 0 bridgehead atoms. The number of rotatable bonds is 2. The first kappa shape index (κ1) is 9.55. The summed E-state index contributed by atoms with van der Waals surface area (Å²) in [7, 11) is 0. The first-order valence-corrected chi connectivity index (χ1v) is 4.88. The molecule has 1 heterocycles. The highest BCUT2D eigenvalue weighted by Gasteiger charge is 2.16. The number of allylic oxidation sites excluding steroid dienone is 2. The fraction of sp³-hybridized carbons (Fsp3) is 0.444. The lowest BCUT2D eigenvalue weighted by Gasteiger charge is -2.17. The second-order valence-corrected chi connectivity index (χ2v) is 3.78. The van der Waals surface area contributed by atoms with Crippen LogP contribution in [0.2, 0.25) is 0 Å². The first-order valence-electron chi connectivity index (χ1n) is 4.00. The van der Waals surface area contributed by atoms with Crippen LogP contribution in [0.4, 0.5) is 0 Å². The van der Waals surface area contributed by atoms with Crippen LogP contribution in [-0.4, -0.2) is 15.6 Å². The molecule has 0 aliphatic carbocycles. The highest BCUT2D eigenvalue weighted by atomic mass is 32.2. The van der Waals surface area contributed by atoms with Gasteiger partial charge in [0, 0.05) is 12.1 Å². The third kappa shape index (κ3) is 2.50. The lowest BCUT2D eigenvalue weighted by atomic mass is 10.3. The number of aliphatic hydroxyl groups excluding tert-OH is 1. The number of nitrogens with zero attached hydrogens (tertiary/aromatic N) is 1. The Balaban J connectivity index is 2.77. The van der Waals surface area contributed by atoms with Crippen LogP contribution in [0.5, 0.6) is 0 Å². The van der Waals surface area contributed by atoms with Crippen molar-refractivity contribution in [2.24, 2.45) is 4.99 Å². The van der Waals surface area contributed by atoms with Crippen LogP contribution in [0, 0.1) is 0 Å². The van der Waals surface area contributed by atoms with E-state index in [1.807, 2.05) is 13.0 Å². The molecule has 3 heteroatoms. The number of aliphatic hydroxyl groups is 1. The molecule has 66 valence electrons. The van der Waals surface area contributed by atoms with E-state index in [2.05, 4.69) is 11.6 Å². The topological polar surface area (TPSA) is 32.6 Å². The van der Waals surface area contributed by atoms with Crippen LogP contribution in [0.3, 0.4) is 0 Å². The molecule has 0 fully saturated rings. The smallest absolute Gasteiger partial charge is 0.110 e. The standard InChI is InChI=1S/C9H13NOS/c1-3-5-7-6-9(11)12-8(4-2)10-7/h3,5,9,11H,1,4,6H2,2H3/b7-5+. The minimum Gasteiger partial charge on any atom is -0.382 e. The van der Waals surface area contributed by atoms with Crippen molar-refractivity contribution in [2.45, 2.75) is 25.2 Å². The Morgan fingerprint density at radius 1 is 1.83 bits per heavy atom. The molecular weight excluding hydrogens is 170 g/mol. The number of hydrogen-bond acceptors (Lipinski definition) is 3. The zero-order valence-corrected chi connectivity index (χ0v) is 7.97. The molecule has 12 heavy (non-hydrogen) atoms. The van der Waals surface area contributed by atoms with Gasteiger partial charge in [0.1, 0.15) is 5.44 Å². The lowest BCUT2D eigenvalue weighted by Crippen LogP contribution is -2.11. The predicted octanol–water partition coefficient (Wildman–Crippen LogP) is 2.32. The molecule has 2 nitrogen and oxygen atoms in total. The van der Waals surface area contributed by atoms with Gasteiger partial charge in [-0.3, -0.25) is 4.99 Å². The van der Waals surface area contributed by atoms with Gasteiger partial charge in [-0.1, -0.05) is 31.3 Å². The van der Waals surface area contributed by atoms with Crippen molar-refractivity contribution in [1.82, 2.24) is 0 Å². The molecule has 0 saturated heterocycles. The molecule has 1 aliphatic heterocycles. The molecule has 0 aromatic heterocycles. The maximum Gasteiger partial charge on any atom is 0.110 e. The summed E-state index contributed by atoms with van der Waals surface area (Å²) in [6.45, 7) is 5.63. The maximum absolute atomic E-state index is 9.41. The third-order valence-electron chi connectivity index (χ3n) is 1.54. The zero-order valence-electron chi connectivity index (χ0n) is 7.16. The second kappa shape index (κ2) is 4.48. The van der Waals surface area contributed by atoms with Crippen LogP contribution in [0.15, 0.2) is 29.4 Å². The van der Waals surface area contributed by atoms with Crippen molar-refractivity contribution >= 4 is 16.8 Å². The number of aliphatic imine (C=N–C) groups is 1. The minimum atomic E-state index is -0.330. The highest BCUT2D eigenvalue weighted by molar-refractivity contribution is 8.14. The average Bonchev–Trinajstić information content (AvgIpc) is 2.04. The molecular formula is C9H13NOS. The van der Waals surface area contributed by atoms with Crippen molar-refractivity contribution in [3.63, 3.8) is 0 Å². The summed E-state index contributed by atoms with van der Waals surface area (Å²) in [5.41, 5.74) is 0.594. The van der Waals surface area contributed by atoms with Gasteiger partial charge in [0.05, 0.1) is 5.04 Å². The summed E-state index contributed by atoms with van der Waals surface area (Å²) in [6, 6.07) is 0. The van der Waals surface area contributed by atoms with E-state index >= 15 is 0 Å². The molecule has 1 rings (SSSR count). The van der Waals surface area contributed by atoms with Gasteiger partial charge in [-0.05, 0) is 12.5 Å². The number of hydrogen-bond donors (Lipinski definition) is 1. The normalized spacial score (nSPS) is 27.0. The SMILES string of the molecule is C=C/C=C1\CC(O)SC(CC)=N1. The summed E-state index contributed by atoms with van der Waals surface area (Å²) in [4.78, 5) is 4.35. The molecule has 1 N–H and O–H groups in total. The van der Waals surface area contributed by atoms with Crippen molar-refractivity contribution < 1.29 is 5.11 Å². The van der Waals surface area contributed by atoms with Gasteiger partial charge in [-0.15, -0.1) is 0 Å². The average molecular weight is 183 g/mol. The zero-order chi connectivity index (χ0) is 8.97. The summed E-state index contributed by atoms with van der Waals surface area (Å²) >= 11 is 1.45. The van der Waals surface area contributed by atoms with Crippen molar-refractivity contribution in [1.29, 1.82) is 0 Å². The fourth-order valence-electron chi connectivity index (χ4n) is 1.01. The Labute approximate surface area is 77.1 Å². The maximum atomic E-state index is 9.41. The van der Waals surface area contributed by atoms with Gasteiger partial charge < -0.3 is 5.11 Å². The van der Waals surface area contributed by atoms with Crippen LogP contribution >= 0.6 is 11.8 Å². The van der Waals surface area contributed by atoms with Crippen LogP contribution in [0.25, 0.3) is 0 Å². The first-order chi connectivity index (χ1) is 5.76. The molecule has 0 radical (unpaired) electrons. The fourth-order valence-corrected chi connectivity index (χ4v) is 1.92. The Kier molecular flexibility index (Phi) is 3.56. The van der Waals surface area contributed by atoms with E-state index in [0.29, 0.717) is 6.42 Å². The Morgan fingerprint density at radius 3 is 3.17 bits per heavy atom. The van der Waals surface area contributed by atoms with E-state index in [9.17, 15) is 5.11 Å². The van der Waals surface area contributed by atoms with Crippen LogP contribution in [-0.2, 0) is 0 Å².